The number of aryl methyl sites for hydroxylation is 1. The van der Waals surface area contributed by atoms with Gasteiger partial charge in [0.25, 0.3) is 0 Å². The van der Waals surface area contributed by atoms with Crippen LogP contribution in [-0.4, -0.2) is 25.8 Å². The second kappa shape index (κ2) is 5.51. The minimum atomic E-state index is -3.38. The van der Waals surface area contributed by atoms with E-state index < -0.39 is 10.0 Å². The van der Waals surface area contributed by atoms with Crippen molar-refractivity contribution in [1.29, 1.82) is 0 Å². The van der Waals surface area contributed by atoms with Gasteiger partial charge in [-0.05, 0) is 48.9 Å². The monoisotopic (exact) mass is 282 g/mol. The first-order valence-corrected chi connectivity index (χ1v) is 8.36. The third-order valence-corrected chi connectivity index (χ3v) is 5.71. The van der Waals surface area contributed by atoms with E-state index in [1.807, 2.05) is 19.9 Å². The number of nitrogen functional groups attached to an aromatic ring is 1. The Morgan fingerprint density at radius 1 is 1.16 bits per heavy atom. The lowest BCUT2D eigenvalue weighted by molar-refractivity contribution is 0.476. The molecule has 1 aromatic carbocycles. The fourth-order valence-corrected chi connectivity index (χ4v) is 4.50. The molecule has 1 fully saturated rings. The van der Waals surface area contributed by atoms with E-state index in [2.05, 4.69) is 0 Å². The number of nitrogens with zero attached hydrogens (tertiary/aromatic N) is 1. The number of nitrogens with two attached hydrogens (primary N) is 1. The molecule has 0 saturated carbocycles. The van der Waals surface area contributed by atoms with Crippen molar-refractivity contribution in [2.45, 2.75) is 44.4 Å². The highest BCUT2D eigenvalue weighted by molar-refractivity contribution is 7.89. The van der Waals surface area contributed by atoms with Crippen LogP contribution in [0.4, 0.5) is 5.69 Å². The predicted molar refractivity (Wildman–Crippen MR) is 77.6 cm³/mol. The normalized spacial score (nSPS) is 16.9. The fraction of sp³-hybridized carbons (Fsp3) is 0.571. The van der Waals surface area contributed by atoms with Crippen molar-refractivity contribution < 1.29 is 8.42 Å². The minimum Gasteiger partial charge on any atom is -0.398 e. The van der Waals surface area contributed by atoms with Gasteiger partial charge >= 0.3 is 0 Å². The first-order chi connectivity index (χ1) is 9.00. The fourth-order valence-electron chi connectivity index (χ4n) is 2.61. The van der Waals surface area contributed by atoms with Gasteiger partial charge in [0.2, 0.25) is 10.0 Å². The Morgan fingerprint density at radius 2 is 1.79 bits per heavy atom. The zero-order chi connectivity index (χ0) is 14.0. The number of rotatable bonds is 4. The molecule has 0 aromatic heterocycles. The standard InChI is InChI=1S/C14H22N2O2S/c1-3-11-9-13(15)12(4-2)14(10-11)19(17,18)16-7-5-6-8-16/h9-10H,3-8,15H2,1-2H3. The van der Waals surface area contributed by atoms with Crippen molar-refractivity contribution in [3.05, 3.63) is 23.3 Å². The summed E-state index contributed by atoms with van der Waals surface area (Å²) in [5.74, 6) is 0. The van der Waals surface area contributed by atoms with Crippen molar-refractivity contribution in [1.82, 2.24) is 4.31 Å². The van der Waals surface area contributed by atoms with E-state index in [9.17, 15) is 8.42 Å². The Balaban J connectivity index is 2.56. The second-order valence-electron chi connectivity index (χ2n) is 4.98. The van der Waals surface area contributed by atoms with Crippen LogP contribution in [0.15, 0.2) is 17.0 Å². The van der Waals surface area contributed by atoms with Gasteiger partial charge in [-0.15, -0.1) is 0 Å². The number of hydrogen-bond donors (Lipinski definition) is 1. The zero-order valence-electron chi connectivity index (χ0n) is 11.6. The highest BCUT2D eigenvalue weighted by atomic mass is 32.2. The number of hydrogen-bond acceptors (Lipinski definition) is 3. The molecular weight excluding hydrogens is 260 g/mol. The van der Waals surface area contributed by atoms with Crippen LogP contribution in [0, 0.1) is 0 Å². The van der Waals surface area contributed by atoms with E-state index in [-0.39, 0.29) is 0 Å². The molecule has 0 aliphatic carbocycles. The molecule has 0 atom stereocenters. The van der Waals surface area contributed by atoms with Crippen LogP contribution in [0.2, 0.25) is 0 Å². The minimum absolute atomic E-state index is 0.411. The first-order valence-electron chi connectivity index (χ1n) is 6.92. The van der Waals surface area contributed by atoms with Crippen molar-refractivity contribution >= 4 is 15.7 Å². The smallest absolute Gasteiger partial charge is 0.243 e. The van der Waals surface area contributed by atoms with Crippen LogP contribution in [-0.2, 0) is 22.9 Å². The molecule has 5 heteroatoms. The van der Waals surface area contributed by atoms with E-state index >= 15 is 0 Å². The summed E-state index contributed by atoms with van der Waals surface area (Å²) in [6, 6.07) is 3.69. The van der Waals surface area contributed by atoms with Crippen molar-refractivity contribution in [2.75, 3.05) is 18.8 Å². The summed E-state index contributed by atoms with van der Waals surface area (Å²) in [6.45, 7) is 5.20. The summed E-state index contributed by atoms with van der Waals surface area (Å²) in [5.41, 5.74) is 8.35. The Kier molecular flexibility index (Phi) is 4.16. The lowest BCUT2D eigenvalue weighted by Crippen LogP contribution is -2.29. The van der Waals surface area contributed by atoms with E-state index in [4.69, 9.17) is 5.73 Å². The molecule has 4 nitrogen and oxygen atoms in total. The summed E-state index contributed by atoms with van der Waals surface area (Å²) < 4.78 is 27.0. The van der Waals surface area contributed by atoms with Crippen molar-refractivity contribution in [2.24, 2.45) is 0 Å². The molecule has 106 valence electrons. The van der Waals surface area contributed by atoms with Crippen LogP contribution < -0.4 is 5.73 Å². The van der Waals surface area contributed by atoms with E-state index in [0.29, 0.717) is 30.1 Å². The average molecular weight is 282 g/mol. The number of anilines is 1. The zero-order valence-corrected chi connectivity index (χ0v) is 12.5. The van der Waals surface area contributed by atoms with Crippen LogP contribution in [0.25, 0.3) is 0 Å². The molecule has 1 saturated heterocycles. The summed E-state index contributed by atoms with van der Waals surface area (Å²) in [7, 11) is -3.38. The van der Waals surface area contributed by atoms with Gasteiger partial charge in [-0.25, -0.2) is 8.42 Å². The average Bonchev–Trinajstić information content (AvgIpc) is 2.92. The van der Waals surface area contributed by atoms with Gasteiger partial charge in [-0.2, -0.15) is 4.31 Å². The summed E-state index contributed by atoms with van der Waals surface area (Å²) in [5, 5.41) is 0. The third kappa shape index (κ3) is 2.62. The molecule has 1 aromatic rings. The highest BCUT2D eigenvalue weighted by Crippen LogP contribution is 2.29. The Labute approximate surface area is 115 Å². The highest BCUT2D eigenvalue weighted by Gasteiger charge is 2.29. The van der Waals surface area contributed by atoms with Gasteiger partial charge in [0.15, 0.2) is 0 Å². The van der Waals surface area contributed by atoms with E-state index in [1.54, 1.807) is 10.4 Å². The van der Waals surface area contributed by atoms with Crippen molar-refractivity contribution in [3.63, 3.8) is 0 Å². The molecule has 0 spiro atoms. The van der Waals surface area contributed by atoms with Crippen LogP contribution in [0.3, 0.4) is 0 Å². The quantitative estimate of drug-likeness (QED) is 0.861. The molecule has 2 N–H and O–H groups in total. The van der Waals surface area contributed by atoms with Gasteiger partial charge in [-0.1, -0.05) is 13.8 Å². The topological polar surface area (TPSA) is 63.4 Å². The number of sulfonamides is 1. The molecule has 1 heterocycles. The SMILES string of the molecule is CCc1cc(N)c(CC)c(S(=O)(=O)N2CCCC2)c1. The molecule has 0 bridgehead atoms. The molecule has 19 heavy (non-hydrogen) atoms. The lowest BCUT2D eigenvalue weighted by atomic mass is 10.1. The van der Waals surface area contributed by atoms with E-state index in [0.717, 1.165) is 30.4 Å². The summed E-state index contributed by atoms with van der Waals surface area (Å²) in [4.78, 5) is 0.411. The molecular formula is C14H22N2O2S. The third-order valence-electron chi connectivity index (χ3n) is 3.75. The van der Waals surface area contributed by atoms with Crippen LogP contribution in [0.5, 0.6) is 0 Å². The van der Waals surface area contributed by atoms with Gasteiger partial charge in [0, 0.05) is 18.8 Å². The number of benzene rings is 1. The molecule has 1 aliphatic rings. The molecule has 0 amide bonds. The Morgan fingerprint density at radius 3 is 2.32 bits per heavy atom. The Hall–Kier alpha value is -1.07. The van der Waals surface area contributed by atoms with Crippen molar-refractivity contribution in [3.8, 4) is 0 Å². The molecule has 0 radical (unpaired) electrons. The molecule has 1 aliphatic heterocycles. The maximum absolute atomic E-state index is 12.7. The largest absolute Gasteiger partial charge is 0.398 e. The molecule has 2 rings (SSSR count). The van der Waals surface area contributed by atoms with E-state index in [1.165, 1.54) is 0 Å². The van der Waals surface area contributed by atoms with Gasteiger partial charge in [0.05, 0.1) is 4.90 Å². The maximum atomic E-state index is 12.7. The summed E-state index contributed by atoms with van der Waals surface area (Å²) in [6.07, 6.45) is 3.32. The molecule has 0 unspecified atom stereocenters. The van der Waals surface area contributed by atoms with Crippen LogP contribution >= 0.6 is 0 Å². The Bertz CT molecular complexity index is 561. The predicted octanol–water partition coefficient (Wildman–Crippen LogP) is 2.18. The van der Waals surface area contributed by atoms with Crippen LogP contribution in [0.1, 0.15) is 37.8 Å². The maximum Gasteiger partial charge on any atom is 0.243 e. The summed E-state index contributed by atoms with van der Waals surface area (Å²) >= 11 is 0. The van der Waals surface area contributed by atoms with Gasteiger partial charge < -0.3 is 5.73 Å². The van der Waals surface area contributed by atoms with Gasteiger partial charge in [0.1, 0.15) is 0 Å². The second-order valence-corrected chi connectivity index (χ2v) is 6.89. The lowest BCUT2D eigenvalue weighted by Gasteiger charge is -2.19. The van der Waals surface area contributed by atoms with Gasteiger partial charge in [-0.3, -0.25) is 0 Å². The first kappa shape index (κ1) is 14.3.